The molecule has 7 nitrogen and oxygen atoms in total. The quantitative estimate of drug-likeness (QED) is 0.706. The summed E-state index contributed by atoms with van der Waals surface area (Å²) in [5.74, 6) is 0.630. The fraction of sp³-hybridized carbons (Fsp3) is 0.286. The number of anilines is 2. The van der Waals surface area contributed by atoms with Crippen molar-refractivity contribution in [1.82, 2.24) is 14.9 Å². The van der Waals surface area contributed by atoms with Gasteiger partial charge < -0.3 is 14.5 Å². The van der Waals surface area contributed by atoms with Crippen molar-refractivity contribution in [2.75, 3.05) is 43.5 Å². The number of hydrogen-bond donors (Lipinski definition) is 1. The van der Waals surface area contributed by atoms with Gasteiger partial charge in [0.15, 0.2) is 5.82 Å². The minimum absolute atomic E-state index is 0.209. The number of nitrogens with one attached hydrogen (secondary N) is 1. The maximum Gasteiger partial charge on any atom is 0.323 e. The number of carbonyl (C=O) groups is 1. The third-order valence-electron chi connectivity index (χ3n) is 4.97. The number of aromatic nitrogens is 2. The first-order chi connectivity index (χ1) is 14.0. The number of urea groups is 1. The van der Waals surface area contributed by atoms with Crippen LogP contribution in [0, 0.1) is 6.92 Å². The number of benzene rings is 2. The maximum atomic E-state index is 12.8. The molecule has 4 rings (SSSR count). The summed E-state index contributed by atoms with van der Waals surface area (Å²) in [7, 11) is 1.52. The second-order valence-corrected chi connectivity index (χ2v) is 7.39. The van der Waals surface area contributed by atoms with Crippen molar-refractivity contribution in [2.45, 2.75) is 6.92 Å². The average molecular weight is 412 g/mol. The Bertz CT molecular complexity index is 1030. The molecule has 0 aliphatic carbocycles. The van der Waals surface area contributed by atoms with Crippen LogP contribution in [0.5, 0.6) is 5.88 Å². The zero-order chi connectivity index (χ0) is 20.4. The molecule has 8 heteroatoms. The number of fused-ring (bicyclic) bond motifs is 1. The van der Waals surface area contributed by atoms with E-state index in [1.54, 1.807) is 4.90 Å². The normalized spacial score (nSPS) is 14.2. The predicted molar refractivity (Wildman–Crippen MR) is 115 cm³/mol. The monoisotopic (exact) mass is 411 g/mol. The maximum absolute atomic E-state index is 12.8. The lowest BCUT2D eigenvalue weighted by Gasteiger charge is -2.36. The van der Waals surface area contributed by atoms with Crippen molar-refractivity contribution in [1.29, 1.82) is 0 Å². The van der Waals surface area contributed by atoms with Gasteiger partial charge in [-0.05, 0) is 48.9 Å². The van der Waals surface area contributed by atoms with Gasteiger partial charge in [0, 0.05) is 36.9 Å². The molecule has 1 aliphatic rings. The van der Waals surface area contributed by atoms with Crippen molar-refractivity contribution in [3.8, 4) is 5.88 Å². The van der Waals surface area contributed by atoms with Gasteiger partial charge in [0.1, 0.15) is 0 Å². The standard InChI is InChI=1S/C21H22ClN5O2/c1-14-3-8-17-18(13-14)24-20(29-2)19(23-17)25-21(28)27-11-9-26(10-12-27)16-6-4-15(22)5-7-16/h3-8,13H,9-12H2,1-2H3,(H,23,25,28). The highest BCUT2D eigenvalue weighted by molar-refractivity contribution is 6.30. The largest absolute Gasteiger partial charge is 0.478 e. The summed E-state index contributed by atoms with van der Waals surface area (Å²) in [4.78, 5) is 25.8. The molecule has 0 unspecified atom stereocenters. The Morgan fingerprint density at radius 1 is 1.03 bits per heavy atom. The van der Waals surface area contributed by atoms with Gasteiger partial charge in [-0.3, -0.25) is 5.32 Å². The summed E-state index contributed by atoms with van der Waals surface area (Å²) in [6, 6.07) is 13.3. The van der Waals surface area contributed by atoms with Crippen molar-refractivity contribution >= 4 is 40.2 Å². The van der Waals surface area contributed by atoms with E-state index in [-0.39, 0.29) is 6.03 Å². The summed E-state index contributed by atoms with van der Waals surface area (Å²) < 4.78 is 5.34. The molecule has 2 amide bonds. The Kier molecular flexibility index (Phi) is 5.40. The third-order valence-corrected chi connectivity index (χ3v) is 5.22. The molecule has 0 bridgehead atoms. The SMILES string of the molecule is COc1nc2cc(C)ccc2nc1NC(=O)N1CCN(c2ccc(Cl)cc2)CC1. The van der Waals surface area contributed by atoms with Gasteiger partial charge in [-0.15, -0.1) is 0 Å². The molecule has 1 aromatic heterocycles. The molecule has 1 N–H and O–H groups in total. The van der Waals surface area contributed by atoms with Gasteiger partial charge in [0.05, 0.1) is 18.1 Å². The molecule has 0 radical (unpaired) electrons. The molecule has 1 saturated heterocycles. The van der Waals surface area contributed by atoms with Crippen molar-refractivity contribution in [3.63, 3.8) is 0 Å². The van der Waals surface area contributed by atoms with Gasteiger partial charge in [-0.1, -0.05) is 17.7 Å². The van der Waals surface area contributed by atoms with Gasteiger partial charge in [-0.2, -0.15) is 0 Å². The molecule has 2 aromatic carbocycles. The van der Waals surface area contributed by atoms with Crippen molar-refractivity contribution < 1.29 is 9.53 Å². The number of piperazine rings is 1. The molecule has 29 heavy (non-hydrogen) atoms. The molecule has 0 atom stereocenters. The highest BCUT2D eigenvalue weighted by Gasteiger charge is 2.23. The molecule has 2 heterocycles. The van der Waals surface area contributed by atoms with Crippen LogP contribution < -0.4 is 15.0 Å². The second kappa shape index (κ2) is 8.13. The Balaban J connectivity index is 1.44. The van der Waals surface area contributed by atoms with E-state index in [1.165, 1.54) is 7.11 Å². The zero-order valence-electron chi connectivity index (χ0n) is 16.4. The number of nitrogens with zero attached hydrogens (tertiary/aromatic N) is 4. The zero-order valence-corrected chi connectivity index (χ0v) is 17.1. The molecule has 1 aliphatic heterocycles. The van der Waals surface area contributed by atoms with E-state index in [9.17, 15) is 4.79 Å². The number of hydrogen-bond acceptors (Lipinski definition) is 5. The number of ether oxygens (including phenoxy) is 1. The van der Waals surface area contributed by atoms with Crippen molar-refractivity contribution in [3.05, 3.63) is 53.1 Å². The van der Waals surface area contributed by atoms with E-state index in [0.717, 1.165) is 29.9 Å². The van der Waals surface area contributed by atoms with Crippen LogP contribution in [-0.4, -0.2) is 54.2 Å². The Morgan fingerprint density at radius 2 is 1.76 bits per heavy atom. The first-order valence-electron chi connectivity index (χ1n) is 9.42. The van der Waals surface area contributed by atoms with E-state index in [2.05, 4.69) is 20.2 Å². The molecule has 150 valence electrons. The Morgan fingerprint density at radius 3 is 2.45 bits per heavy atom. The number of methoxy groups -OCH3 is 1. The molecular formula is C21H22ClN5O2. The number of amides is 2. The van der Waals surface area contributed by atoms with Crippen molar-refractivity contribution in [2.24, 2.45) is 0 Å². The summed E-state index contributed by atoms with van der Waals surface area (Å²) in [6.07, 6.45) is 0. The summed E-state index contributed by atoms with van der Waals surface area (Å²) in [5, 5.41) is 3.57. The first-order valence-corrected chi connectivity index (χ1v) is 9.80. The van der Waals surface area contributed by atoms with Crippen LogP contribution >= 0.6 is 11.6 Å². The molecule has 3 aromatic rings. The van der Waals surface area contributed by atoms with Crippen LogP contribution in [0.15, 0.2) is 42.5 Å². The Labute approximate surface area is 174 Å². The van der Waals surface area contributed by atoms with Crippen LogP contribution in [0.4, 0.5) is 16.3 Å². The van der Waals surface area contributed by atoms with E-state index >= 15 is 0 Å². The van der Waals surface area contributed by atoms with E-state index in [1.807, 2.05) is 49.4 Å². The molecule has 0 spiro atoms. The third kappa shape index (κ3) is 4.19. The van der Waals surface area contributed by atoms with Gasteiger partial charge >= 0.3 is 6.03 Å². The van der Waals surface area contributed by atoms with E-state index < -0.39 is 0 Å². The fourth-order valence-electron chi connectivity index (χ4n) is 3.37. The molecule has 1 fully saturated rings. The lowest BCUT2D eigenvalue weighted by molar-refractivity contribution is 0.208. The fourth-order valence-corrected chi connectivity index (χ4v) is 3.50. The highest BCUT2D eigenvalue weighted by atomic mass is 35.5. The Hall–Kier alpha value is -3.06. The first kappa shape index (κ1) is 19.3. The van der Waals surface area contributed by atoms with E-state index in [0.29, 0.717) is 35.3 Å². The second-order valence-electron chi connectivity index (χ2n) is 6.95. The molecular weight excluding hydrogens is 390 g/mol. The number of rotatable bonds is 3. The topological polar surface area (TPSA) is 70.6 Å². The summed E-state index contributed by atoms with van der Waals surface area (Å²) in [6.45, 7) is 4.70. The van der Waals surface area contributed by atoms with Crippen LogP contribution in [-0.2, 0) is 0 Å². The summed E-state index contributed by atoms with van der Waals surface area (Å²) >= 11 is 5.96. The minimum atomic E-state index is -0.209. The summed E-state index contributed by atoms with van der Waals surface area (Å²) in [5.41, 5.74) is 3.63. The van der Waals surface area contributed by atoms with Gasteiger partial charge in [0.2, 0.25) is 0 Å². The smallest absolute Gasteiger partial charge is 0.323 e. The highest BCUT2D eigenvalue weighted by Crippen LogP contribution is 2.25. The number of carbonyl (C=O) groups excluding carboxylic acids is 1. The van der Waals surface area contributed by atoms with Crippen LogP contribution in [0.3, 0.4) is 0 Å². The van der Waals surface area contributed by atoms with Gasteiger partial charge in [-0.25, -0.2) is 14.8 Å². The minimum Gasteiger partial charge on any atom is -0.478 e. The van der Waals surface area contributed by atoms with Crippen LogP contribution in [0.25, 0.3) is 11.0 Å². The lowest BCUT2D eigenvalue weighted by Crippen LogP contribution is -2.50. The lowest BCUT2D eigenvalue weighted by atomic mass is 10.2. The van der Waals surface area contributed by atoms with Gasteiger partial charge in [0.25, 0.3) is 5.88 Å². The van der Waals surface area contributed by atoms with Crippen LogP contribution in [0.1, 0.15) is 5.56 Å². The van der Waals surface area contributed by atoms with Crippen LogP contribution in [0.2, 0.25) is 5.02 Å². The predicted octanol–water partition coefficient (Wildman–Crippen LogP) is 3.95. The number of halogens is 1. The average Bonchev–Trinajstić information content (AvgIpc) is 2.74. The molecule has 0 saturated carbocycles. The number of aryl methyl sites for hydroxylation is 1. The van der Waals surface area contributed by atoms with E-state index in [4.69, 9.17) is 16.3 Å².